The van der Waals surface area contributed by atoms with E-state index in [1.54, 1.807) is 36.4 Å². The van der Waals surface area contributed by atoms with Crippen molar-refractivity contribution in [3.8, 4) is 5.69 Å². The molecule has 4 rings (SSSR count). The van der Waals surface area contributed by atoms with E-state index >= 15 is 0 Å². The largest absolute Gasteiger partial charge is 0.318 e. The number of benzene rings is 3. The van der Waals surface area contributed by atoms with Gasteiger partial charge in [0.25, 0.3) is 15.9 Å². The molecular weight excluding hydrogens is 555 g/mol. The normalized spacial score (nSPS) is 11.6. The lowest BCUT2D eigenvalue weighted by Crippen LogP contribution is -2.39. The number of hydrogen-bond acceptors (Lipinski definition) is 4. The topological polar surface area (TPSA) is 83.8 Å². The van der Waals surface area contributed by atoms with Crippen molar-refractivity contribution >= 4 is 51.0 Å². The van der Waals surface area contributed by atoms with Crippen LogP contribution in [0.3, 0.4) is 0 Å². The number of aromatic nitrogens is 1. The number of aryl methyl sites for hydroxylation is 3. The number of nitrogens with zero attached hydrogens (tertiary/aromatic N) is 3. The zero-order valence-electron chi connectivity index (χ0n) is 21.9. The minimum atomic E-state index is -4.01. The van der Waals surface area contributed by atoms with E-state index in [-0.39, 0.29) is 4.90 Å². The van der Waals surface area contributed by atoms with Crippen LogP contribution in [-0.2, 0) is 14.8 Å². The summed E-state index contributed by atoms with van der Waals surface area (Å²) < 4.78 is 30.1. The van der Waals surface area contributed by atoms with Crippen LogP contribution >= 0.6 is 23.2 Å². The van der Waals surface area contributed by atoms with Crippen LogP contribution in [0, 0.1) is 27.7 Å². The molecule has 0 saturated heterocycles. The number of nitrogens with one attached hydrogen (secondary N) is 1. The summed E-state index contributed by atoms with van der Waals surface area (Å²) >= 11 is 12.4. The summed E-state index contributed by atoms with van der Waals surface area (Å²) in [5.41, 5.74) is 8.02. The van der Waals surface area contributed by atoms with Gasteiger partial charge in [0.2, 0.25) is 0 Å². The van der Waals surface area contributed by atoms with Gasteiger partial charge >= 0.3 is 0 Å². The Kier molecular flexibility index (Phi) is 8.49. The first-order chi connectivity index (χ1) is 18.5. The van der Waals surface area contributed by atoms with Gasteiger partial charge in [0.15, 0.2) is 0 Å². The molecule has 4 aromatic rings. The van der Waals surface area contributed by atoms with Crippen LogP contribution in [0.15, 0.2) is 82.8 Å². The molecule has 1 N–H and O–H groups in total. The Morgan fingerprint density at radius 2 is 1.59 bits per heavy atom. The molecular formula is C29H28Cl2N4O3S. The molecule has 202 valence electrons. The summed E-state index contributed by atoms with van der Waals surface area (Å²) in [6.45, 7) is 7.14. The number of carbonyl (C=O) groups is 1. The second kappa shape index (κ2) is 11.7. The van der Waals surface area contributed by atoms with E-state index in [4.69, 9.17) is 23.2 Å². The van der Waals surface area contributed by atoms with Crippen LogP contribution in [0.2, 0.25) is 10.0 Å². The third-order valence-corrected chi connectivity index (χ3v) is 8.38. The second-order valence-electron chi connectivity index (χ2n) is 9.25. The third kappa shape index (κ3) is 6.53. The second-order valence-corrected chi connectivity index (χ2v) is 12.0. The summed E-state index contributed by atoms with van der Waals surface area (Å²) in [5.74, 6) is -0.584. The summed E-state index contributed by atoms with van der Waals surface area (Å²) in [4.78, 5) is 13.0. The Morgan fingerprint density at radius 3 is 2.23 bits per heavy atom. The number of anilines is 1. The molecule has 39 heavy (non-hydrogen) atoms. The van der Waals surface area contributed by atoms with Crippen LogP contribution in [0.4, 0.5) is 5.69 Å². The zero-order valence-corrected chi connectivity index (χ0v) is 24.3. The Labute approximate surface area is 238 Å². The molecule has 10 heteroatoms. The monoisotopic (exact) mass is 582 g/mol. The zero-order chi connectivity index (χ0) is 28.3. The first-order valence-corrected chi connectivity index (χ1v) is 14.3. The van der Waals surface area contributed by atoms with Crippen molar-refractivity contribution in [2.45, 2.75) is 32.6 Å². The third-order valence-electron chi connectivity index (χ3n) is 6.15. The fourth-order valence-corrected chi connectivity index (χ4v) is 6.19. The van der Waals surface area contributed by atoms with E-state index in [2.05, 4.69) is 10.5 Å². The molecule has 0 bridgehead atoms. The maximum absolute atomic E-state index is 13.5. The first kappa shape index (κ1) is 28.4. The molecule has 0 aliphatic heterocycles. The number of hydrogen-bond donors (Lipinski definition) is 1. The van der Waals surface area contributed by atoms with E-state index in [0.29, 0.717) is 15.7 Å². The molecule has 0 saturated carbocycles. The van der Waals surface area contributed by atoms with Crippen LogP contribution in [0.25, 0.3) is 5.69 Å². The molecule has 0 unspecified atom stereocenters. The summed E-state index contributed by atoms with van der Waals surface area (Å²) in [6.07, 6.45) is 1.52. The summed E-state index contributed by atoms with van der Waals surface area (Å²) in [6, 6.07) is 20.7. The van der Waals surface area contributed by atoms with Gasteiger partial charge in [-0.2, -0.15) is 5.10 Å². The number of hydrazone groups is 1. The van der Waals surface area contributed by atoms with E-state index in [0.717, 1.165) is 38.1 Å². The molecule has 0 aliphatic carbocycles. The van der Waals surface area contributed by atoms with Crippen LogP contribution in [-0.4, -0.2) is 31.7 Å². The molecule has 7 nitrogen and oxygen atoms in total. The average molecular weight is 584 g/mol. The summed E-state index contributed by atoms with van der Waals surface area (Å²) in [5, 5.41) is 5.14. The highest BCUT2D eigenvalue weighted by atomic mass is 35.5. The van der Waals surface area contributed by atoms with Gasteiger partial charge in [-0.25, -0.2) is 13.8 Å². The van der Waals surface area contributed by atoms with Crippen molar-refractivity contribution in [3.63, 3.8) is 0 Å². The van der Waals surface area contributed by atoms with E-state index in [1.807, 2.05) is 56.5 Å². The highest BCUT2D eigenvalue weighted by Gasteiger charge is 2.27. The van der Waals surface area contributed by atoms with Gasteiger partial charge in [0.1, 0.15) is 6.54 Å². The van der Waals surface area contributed by atoms with Crippen molar-refractivity contribution in [1.82, 2.24) is 9.99 Å². The fraction of sp³-hybridized carbons (Fsp3) is 0.172. The lowest BCUT2D eigenvalue weighted by Gasteiger charge is -2.24. The van der Waals surface area contributed by atoms with Gasteiger partial charge in [-0.1, -0.05) is 53.0 Å². The maximum atomic E-state index is 13.5. The first-order valence-electron chi connectivity index (χ1n) is 12.1. The standard InChI is InChI=1S/C29H28Cl2N4O3S/c1-19-8-10-28(11-9-19)39(37,38)34(26-7-5-6-20(2)12-26)18-29(36)33-32-17-23-13-21(3)35(22(23)4)27-15-24(30)14-25(31)16-27/h5-17H,18H2,1-4H3,(H,33,36)/b32-17-. The van der Waals surface area contributed by atoms with Gasteiger partial charge in [-0.15, -0.1) is 0 Å². The Bertz CT molecular complexity index is 1640. The molecule has 1 heterocycles. The van der Waals surface area contributed by atoms with Gasteiger partial charge in [-0.3, -0.25) is 9.10 Å². The fourth-order valence-electron chi connectivity index (χ4n) is 4.26. The highest BCUT2D eigenvalue weighted by Crippen LogP contribution is 2.27. The minimum Gasteiger partial charge on any atom is -0.318 e. The number of sulfonamides is 1. The van der Waals surface area contributed by atoms with Crippen molar-refractivity contribution in [2.24, 2.45) is 5.10 Å². The average Bonchev–Trinajstić information content (AvgIpc) is 3.14. The molecule has 0 fully saturated rings. The predicted octanol–water partition coefficient (Wildman–Crippen LogP) is 6.36. The molecule has 1 amide bonds. The van der Waals surface area contributed by atoms with Gasteiger partial charge in [0.05, 0.1) is 16.8 Å². The van der Waals surface area contributed by atoms with Gasteiger partial charge < -0.3 is 4.57 Å². The SMILES string of the molecule is Cc1ccc(S(=O)(=O)N(CC(=O)N/N=C\c2cc(C)n(-c3cc(Cl)cc(Cl)c3)c2C)c2cccc(C)c2)cc1. The smallest absolute Gasteiger partial charge is 0.264 e. The number of halogens is 2. The van der Waals surface area contributed by atoms with Crippen molar-refractivity contribution in [2.75, 3.05) is 10.8 Å². The molecule has 3 aromatic carbocycles. The van der Waals surface area contributed by atoms with Crippen molar-refractivity contribution in [3.05, 3.63) is 111 Å². The Hall–Kier alpha value is -3.59. The molecule has 0 radical (unpaired) electrons. The van der Waals surface area contributed by atoms with E-state index < -0.39 is 22.5 Å². The number of carbonyl (C=O) groups excluding carboxylic acids is 1. The highest BCUT2D eigenvalue weighted by molar-refractivity contribution is 7.92. The van der Waals surface area contributed by atoms with Crippen LogP contribution in [0.5, 0.6) is 0 Å². The van der Waals surface area contributed by atoms with Crippen molar-refractivity contribution in [1.29, 1.82) is 0 Å². The van der Waals surface area contributed by atoms with Crippen molar-refractivity contribution < 1.29 is 13.2 Å². The van der Waals surface area contributed by atoms with Crippen LogP contribution < -0.4 is 9.73 Å². The maximum Gasteiger partial charge on any atom is 0.264 e. The predicted molar refractivity (Wildman–Crippen MR) is 158 cm³/mol. The van der Waals surface area contributed by atoms with Crippen LogP contribution in [0.1, 0.15) is 28.1 Å². The van der Waals surface area contributed by atoms with E-state index in [1.165, 1.54) is 18.3 Å². The van der Waals surface area contributed by atoms with Gasteiger partial charge in [-0.05, 0) is 81.8 Å². The minimum absolute atomic E-state index is 0.0967. The quantitative estimate of drug-likeness (QED) is 0.194. The molecule has 0 aliphatic rings. The number of rotatable bonds is 8. The molecule has 1 aromatic heterocycles. The Morgan fingerprint density at radius 1 is 0.923 bits per heavy atom. The lowest BCUT2D eigenvalue weighted by molar-refractivity contribution is -0.119. The lowest BCUT2D eigenvalue weighted by atomic mass is 10.2. The number of amides is 1. The van der Waals surface area contributed by atoms with Gasteiger partial charge in [0, 0.05) is 32.7 Å². The molecule has 0 spiro atoms. The Balaban J connectivity index is 1.56. The molecule has 0 atom stereocenters. The summed E-state index contributed by atoms with van der Waals surface area (Å²) in [7, 11) is -4.01. The van der Waals surface area contributed by atoms with E-state index in [9.17, 15) is 13.2 Å².